The first-order valence-corrected chi connectivity index (χ1v) is 15.8. The van der Waals surface area contributed by atoms with E-state index in [-0.39, 0.29) is 29.5 Å². The van der Waals surface area contributed by atoms with Gasteiger partial charge < -0.3 is 10.2 Å². The molecule has 0 spiro atoms. The Bertz CT molecular complexity index is 1570. The lowest BCUT2D eigenvalue weighted by molar-refractivity contribution is -0.384. The molecular formula is C29H32ClN5O4S2. The third kappa shape index (κ3) is 5.84. The predicted molar refractivity (Wildman–Crippen MR) is 163 cm³/mol. The summed E-state index contributed by atoms with van der Waals surface area (Å²) in [5.41, 5.74) is 1.89. The minimum absolute atomic E-state index is 0.0458. The number of nitrogens with zero attached hydrogens (tertiary/aromatic N) is 4. The average Bonchev–Trinajstić information content (AvgIpc) is 3.48. The zero-order valence-electron chi connectivity index (χ0n) is 23.3. The number of carbonyl (C=O) groups is 2. The van der Waals surface area contributed by atoms with Crippen molar-refractivity contribution in [2.45, 2.75) is 46.5 Å². The van der Waals surface area contributed by atoms with Crippen molar-refractivity contribution < 1.29 is 14.5 Å². The Hall–Kier alpha value is -3.04. The monoisotopic (exact) mass is 613 g/mol. The molecule has 1 aliphatic carbocycles. The maximum absolute atomic E-state index is 13.2. The molecule has 0 radical (unpaired) electrons. The van der Waals surface area contributed by atoms with Crippen molar-refractivity contribution in [3.63, 3.8) is 0 Å². The Labute approximate surface area is 251 Å². The van der Waals surface area contributed by atoms with E-state index in [9.17, 15) is 25.0 Å². The molecule has 1 atom stereocenters. The molecule has 2 aliphatic rings. The van der Waals surface area contributed by atoms with Crippen LogP contribution in [0, 0.1) is 32.8 Å². The molecule has 12 heteroatoms. The number of nitro groups is 1. The third-order valence-corrected chi connectivity index (χ3v) is 11.5. The first-order chi connectivity index (χ1) is 19.5. The van der Waals surface area contributed by atoms with Gasteiger partial charge in [0.05, 0.1) is 22.1 Å². The summed E-state index contributed by atoms with van der Waals surface area (Å²) in [6.07, 6.45) is 3.98. The van der Waals surface area contributed by atoms with E-state index in [4.69, 9.17) is 11.6 Å². The van der Waals surface area contributed by atoms with Crippen molar-refractivity contribution in [1.82, 2.24) is 9.80 Å². The summed E-state index contributed by atoms with van der Waals surface area (Å²) in [6.45, 7) is 8.92. The molecule has 0 saturated carbocycles. The van der Waals surface area contributed by atoms with Gasteiger partial charge in [-0.15, -0.1) is 22.7 Å². The van der Waals surface area contributed by atoms with Gasteiger partial charge in [-0.1, -0.05) is 38.8 Å². The molecule has 216 valence electrons. The zero-order valence-corrected chi connectivity index (χ0v) is 25.7. The van der Waals surface area contributed by atoms with Crippen LogP contribution in [0.4, 0.5) is 10.7 Å². The van der Waals surface area contributed by atoms with Crippen LogP contribution in [0.5, 0.6) is 0 Å². The molecule has 2 aromatic heterocycles. The number of amides is 2. The molecular weight excluding hydrogens is 582 g/mol. The Balaban J connectivity index is 1.19. The molecule has 41 heavy (non-hydrogen) atoms. The van der Waals surface area contributed by atoms with Crippen LogP contribution in [0.2, 0.25) is 5.02 Å². The predicted octanol–water partition coefficient (Wildman–Crippen LogP) is 6.33. The molecule has 3 aromatic rings. The van der Waals surface area contributed by atoms with Crippen LogP contribution in [0.1, 0.15) is 59.3 Å². The number of fused-ring (bicyclic) bond motifs is 2. The van der Waals surface area contributed by atoms with Gasteiger partial charge in [0.2, 0.25) is 5.91 Å². The molecule has 1 N–H and O–H groups in total. The first-order valence-electron chi connectivity index (χ1n) is 13.7. The highest BCUT2D eigenvalue weighted by molar-refractivity contribution is 7.21. The van der Waals surface area contributed by atoms with Gasteiger partial charge in [-0.05, 0) is 42.2 Å². The van der Waals surface area contributed by atoms with E-state index in [1.165, 1.54) is 28.3 Å². The molecule has 1 fully saturated rings. The molecule has 1 unspecified atom stereocenters. The average molecular weight is 614 g/mol. The quantitative estimate of drug-likeness (QED) is 0.245. The molecule has 1 aromatic carbocycles. The largest absolute Gasteiger partial charge is 0.335 e. The number of nitriles is 1. The van der Waals surface area contributed by atoms with Crippen molar-refractivity contribution in [2.24, 2.45) is 11.3 Å². The van der Waals surface area contributed by atoms with Gasteiger partial charge in [0.1, 0.15) is 15.9 Å². The minimum atomic E-state index is -0.471. The number of piperazine rings is 1. The topological polar surface area (TPSA) is 120 Å². The molecule has 5 rings (SSSR count). The number of benzene rings is 1. The van der Waals surface area contributed by atoms with Crippen LogP contribution < -0.4 is 5.32 Å². The highest BCUT2D eigenvalue weighted by Gasteiger charge is 2.34. The number of nitro benzene ring substituents is 1. The maximum Gasteiger partial charge on any atom is 0.270 e. The second-order valence-corrected chi connectivity index (χ2v) is 13.9. The minimum Gasteiger partial charge on any atom is -0.335 e. The van der Waals surface area contributed by atoms with E-state index >= 15 is 0 Å². The SMILES string of the molecule is CCC(C)(C)C1CCc2c(sc(NC(=O)CN3CCN(C(=O)c4sc5cc([N+](=O)[O-])ccc5c4Cl)CC3)c2C#N)C1. The van der Waals surface area contributed by atoms with Crippen LogP contribution >= 0.6 is 34.3 Å². The summed E-state index contributed by atoms with van der Waals surface area (Å²) in [5, 5.41) is 25.6. The Morgan fingerprint density at radius 1 is 1.24 bits per heavy atom. The van der Waals surface area contributed by atoms with Gasteiger partial charge in [-0.2, -0.15) is 5.26 Å². The Kier molecular flexibility index (Phi) is 8.39. The fraction of sp³-hybridized carbons (Fsp3) is 0.483. The first kappa shape index (κ1) is 29.5. The normalized spacial score (nSPS) is 17.7. The fourth-order valence-electron chi connectivity index (χ4n) is 5.67. The van der Waals surface area contributed by atoms with E-state index in [0.717, 1.165) is 42.6 Å². The lowest BCUT2D eigenvalue weighted by Crippen LogP contribution is -2.50. The zero-order chi connectivity index (χ0) is 29.5. The molecule has 3 heterocycles. The highest BCUT2D eigenvalue weighted by Crippen LogP contribution is 2.45. The summed E-state index contributed by atoms with van der Waals surface area (Å²) < 4.78 is 0.597. The number of carbonyl (C=O) groups excluding carboxylic acids is 2. The Morgan fingerprint density at radius 2 is 1.98 bits per heavy atom. The molecule has 2 amide bonds. The number of rotatable bonds is 7. The van der Waals surface area contributed by atoms with Crippen molar-refractivity contribution in [2.75, 3.05) is 38.0 Å². The second kappa shape index (κ2) is 11.7. The summed E-state index contributed by atoms with van der Waals surface area (Å²) in [7, 11) is 0. The van der Waals surface area contributed by atoms with Crippen LogP contribution in [-0.2, 0) is 17.6 Å². The van der Waals surface area contributed by atoms with Crippen molar-refractivity contribution >= 4 is 66.9 Å². The number of nitrogens with one attached hydrogen (secondary N) is 1. The summed E-state index contributed by atoms with van der Waals surface area (Å²) in [6, 6.07) is 6.73. The molecule has 1 aliphatic heterocycles. The lowest BCUT2D eigenvalue weighted by Gasteiger charge is -2.36. The van der Waals surface area contributed by atoms with E-state index in [2.05, 4.69) is 32.2 Å². The van der Waals surface area contributed by atoms with Crippen LogP contribution in [0.3, 0.4) is 0 Å². The third-order valence-electron chi connectivity index (χ3n) is 8.69. The van der Waals surface area contributed by atoms with Gasteiger partial charge in [0.25, 0.3) is 11.6 Å². The van der Waals surface area contributed by atoms with E-state index < -0.39 is 4.92 Å². The summed E-state index contributed by atoms with van der Waals surface area (Å²) in [5.74, 6) is 0.184. The Morgan fingerprint density at radius 3 is 2.63 bits per heavy atom. The number of non-ortho nitro benzene ring substituents is 1. The van der Waals surface area contributed by atoms with Gasteiger partial charge in [-0.25, -0.2) is 0 Å². The van der Waals surface area contributed by atoms with Crippen molar-refractivity contribution in [3.8, 4) is 6.07 Å². The molecule has 9 nitrogen and oxygen atoms in total. The number of hydrogen-bond donors (Lipinski definition) is 1. The van der Waals surface area contributed by atoms with Crippen molar-refractivity contribution in [1.29, 1.82) is 5.26 Å². The van der Waals surface area contributed by atoms with E-state index in [0.29, 0.717) is 62.6 Å². The summed E-state index contributed by atoms with van der Waals surface area (Å²) >= 11 is 9.18. The molecule has 0 bridgehead atoms. The van der Waals surface area contributed by atoms with E-state index in [1.807, 2.05) is 4.90 Å². The van der Waals surface area contributed by atoms with Gasteiger partial charge in [0.15, 0.2) is 0 Å². The van der Waals surface area contributed by atoms with Gasteiger partial charge >= 0.3 is 0 Å². The van der Waals surface area contributed by atoms with E-state index in [1.54, 1.807) is 11.0 Å². The molecule has 1 saturated heterocycles. The number of halogens is 1. The standard InChI is InChI=1S/C29H32ClN5O4S2/c1-4-29(2,3)17-5-7-19-21(15-31)27(41-22(19)13-17)32-24(36)16-33-9-11-34(12-10-33)28(37)26-25(30)20-8-6-18(35(38)39)14-23(20)40-26/h6,8,14,17H,4-5,7,9-13,16H2,1-3H3,(H,32,36). The highest BCUT2D eigenvalue weighted by atomic mass is 35.5. The lowest BCUT2D eigenvalue weighted by atomic mass is 9.69. The van der Waals surface area contributed by atoms with Gasteiger partial charge in [0, 0.05) is 53.3 Å². The van der Waals surface area contributed by atoms with Crippen LogP contribution in [0.15, 0.2) is 18.2 Å². The summed E-state index contributed by atoms with van der Waals surface area (Å²) in [4.78, 5) is 42.2. The van der Waals surface area contributed by atoms with Crippen LogP contribution in [-0.4, -0.2) is 59.3 Å². The van der Waals surface area contributed by atoms with Gasteiger partial charge in [-0.3, -0.25) is 24.6 Å². The van der Waals surface area contributed by atoms with Crippen LogP contribution in [0.25, 0.3) is 10.1 Å². The number of anilines is 1. The maximum atomic E-state index is 13.2. The second-order valence-electron chi connectivity index (χ2n) is 11.4. The van der Waals surface area contributed by atoms with Crippen molar-refractivity contribution in [3.05, 3.63) is 54.2 Å². The smallest absolute Gasteiger partial charge is 0.270 e. The fourth-order valence-corrected chi connectivity index (χ4v) is 8.48. The number of hydrogen-bond acceptors (Lipinski definition) is 8. The number of thiophene rings is 2.